The van der Waals surface area contributed by atoms with Crippen molar-refractivity contribution in [3.63, 3.8) is 0 Å². The van der Waals surface area contributed by atoms with Gasteiger partial charge in [0.05, 0.1) is 5.60 Å². The summed E-state index contributed by atoms with van der Waals surface area (Å²) in [6.45, 7) is 8.57. The fraction of sp³-hybridized carbons (Fsp3) is 1.00. The largest absolute Gasteiger partial charge is 0.365 e. The van der Waals surface area contributed by atoms with Crippen LogP contribution in [-0.4, -0.2) is 17.7 Å². The summed E-state index contributed by atoms with van der Waals surface area (Å²) in [6, 6.07) is 0.227. The van der Waals surface area contributed by atoms with Crippen LogP contribution < -0.4 is 5.73 Å². The highest BCUT2D eigenvalue weighted by atomic mass is 16.6. The third-order valence-corrected chi connectivity index (χ3v) is 2.19. The van der Waals surface area contributed by atoms with Crippen LogP contribution in [0.4, 0.5) is 0 Å². The molecule has 1 heterocycles. The summed E-state index contributed by atoms with van der Waals surface area (Å²) >= 11 is 0. The molecule has 2 unspecified atom stereocenters. The van der Waals surface area contributed by atoms with E-state index in [0.29, 0.717) is 12.0 Å². The number of rotatable bonds is 3. The van der Waals surface area contributed by atoms with E-state index in [4.69, 9.17) is 10.5 Å². The lowest BCUT2D eigenvalue weighted by atomic mass is 9.97. The molecule has 0 aliphatic carbocycles. The molecule has 2 N–H and O–H groups in total. The molecule has 0 radical (unpaired) electrons. The normalized spacial score (nSPS) is 30.5. The molecule has 1 aliphatic rings. The first kappa shape index (κ1) is 9.01. The first-order valence-electron chi connectivity index (χ1n) is 4.37. The van der Waals surface area contributed by atoms with E-state index in [9.17, 15) is 0 Å². The highest BCUT2D eigenvalue weighted by Crippen LogP contribution is 2.38. The summed E-state index contributed by atoms with van der Waals surface area (Å²) in [4.78, 5) is 0. The van der Waals surface area contributed by atoms with Crippen LogP contribution in [0.2, 0.25) is 0 Å². The molecule has 2 atom stereocenters. The van der Waals surface area contributed by atoms with Crippen LogP contribution in [0.25, 0.3) is 0 Å². The van der Waals surface area contributed by atoms with Crippen molar-refractivity contribution in [2.75, 3.05) is 0 Å². The zero-order chi connectivity index (χ0) is 8.65. The fourth-order valence-electron chi connectivity index (χ4n) is 1.56. The molecular formula is C9H19NO. The molecule has 1 saturated heterocycles. The second-order valence-corrected chi connectivity index (χ2v) is 4.44. The van der Waals surface area contributed by atoms with Crippen LogP contribution in [0, 0.1) is 5.92 Å². The molecule has 1 fully saturated rings. The standard InChI is InChI=1S/C9H19NO/c1-6(2)5-7(10)8-9(3,4)11-8/h6-8H,5,10H2,1-4H3. The van der Waals surface area contributed by atoms with Crippen molar-refractivity contribution in [1.82, 2.24) is 0 Å². The smallest absolute Gasteiger partial charge is 0.102 e. The number of ether oxygens (including phenoxy) is 1. The quantitative estimate of drug-likeness (QED) is 0.631. The van der Waals surface area contributed by atoms with Crippen molar-refractivity contribution in [2.24, 2.45) is 11.7 Å². The van der Waals surface area contributed by atoms with Crippen molar-refractivity contribution in [3.05, 3.63) is 0 Å². The Kier molecular flexibility index (Phi) is 2.26. The van der Waals surface area contributed by atoms with E-state index in [2.05, 4.69) is 27.7 Å². The van der Waals surface area contributed by atoms with Crippen molar-refractivity contribution < 1.29 is 4.74 Å². The Bertz CT molecular complexity index is 142. The van der Waals surface area contributed by atoms with Gasteiger partial charge in [0.1, 0.15) is 6.10 Å². The first-order valence-corrected chi connectivity index (χ1v) is 4.37. The highest BCUT2D eigenvalue weighted by molar-refractivity contribution is 5.01. The SMILES string of the molecule is CC(C)CC(N)C1OC1(C)C. The molecule has 0 saturated carbocycles. The Morgan fingerprint density at radius 1 is 1.45 bits per heavy atom. The van der Waals surface area contributed by atoms with Gasteiger partial charge in [0.2, 0.25) is 0 Å². The highest BCUT2D eigenvalue weighted by Gasteiger charge is 2.51. The lowest BCUT2D eigenvalue weighted by Crippen LogP contribution is -2.31. The zero-order valence-electron chi connectivity index (χ0n) is 7.92. The maximum atomic E-state index is 5.93. The summed E-state index contributed by atoms with van der Waals surface area (Å²) in [7, 11) is 0. The van der Waals surface area contributed by atoms with Crippen molar-refractivity contribution in [2.45, 2.75) is 51.9 Å². The summed E-state index contributed by atoms with van der Waals surface area (Å²) < 4.78 is 5.44. The molecule has 0 aromatic rings. The number of hydrogen-bond acceptors (Lipinski definition) is 2. The fourth-order valence-corrected chi connectivity index (χ4v) is 1.56. The molecule has 0 bridgehead atoms. The van der Waals surface area contributed by atoms with Crippen LogP contribution in [0.3, 0.4) is 0 Å². The maximum Gasteiger partial charge on any atom is 0.102 e. The van der Waals surface area contributed by atoms with E-state index in [0.717, 1.165) is 6.42 Å². The molecule has 0 aromatic heterocycles. The van der Waals surface area contributed by atoms with Gasteiger partial charge in [0, 0.05) is 6.04 Å². The minimum absolute atomic E-state index is 0.0499. The summed E-state index contributed by atoms with van der Waals surface area (Å²) in [5, 5.41) is 0. The summed E-state index contributed by atoms with van der Waals surface area (Å²) in [6.07, 6.45) is 1.36. The van der Waals surface area contributed by atoms with Gasteiger partial charge in [0.25, 0.3) is 0 Å². The van der Waals surface area contributed by atoms with Crippen molar-refractivity contribution >= 4 is 0 Å². The van der Waals surface area contributed by atoms with E-state index in [1.54, 1.807) is 0 Å². The number of nitrogens with two attached hydrogens (primary N) is 1. The van der Waals surface area contributed by atoms with Crippen LogP contribution in [-0.2, 0) is 4.74 Å². The molecule has 1 aliphatic heterocycles. The molecule has 0 amide bonds. The predicted molar refractivity (Wildman–Crippen MR) is 46.4 cm³/mol. The van der Waals surface area contributed by atoms with E-state index >= 15 is 0 Å². The van der Waals surface area contributed by atoms with Gasteiger partial charge in [-0.15, -0.1) is 0 Å². The average molecular weight is 157 g/mol. The van der Waals surface area contributed by atoms with Crippen LogP contribution in [0.5, 0.6) is 0 Å². The van der Waals surface area contributed by atoms with E-state index < -0.39 is 0 Å². The van der Waals surface area contributed by atoms with Gasteiger partial charge in [0.15, 0.2) is 0 Å². The Morgan fingerprint density at radius 3 is 2.18 bits per heavy atom. The molecule has 2 heteroatoms. The lowest BCUT2D eigenvalue weighted by Gasteiger charge is -2.11. The molecule has 0 spiro atoms. The van der Waals surface area contributed by atoms with Crippen molar-refractivity contribution in [3.8, 4) is 0 Å². The Balaban J connectivity index is 2.28. The monoisotopic (exact) mass is 157 g/mol. The van der Waals surface area contributed by atoms with E-state index in [1.165, 1.54) is 0 Å². The molecule has 11 heavy (non-hydrogen) atoms. The number of epoxide rings is 1. The van der Waals surface area contributed by atoms with E-state index in [1.807, 2.05) is 0 Å². The topological polar surface area (TPSA) is 38.5 Å². The van der Waals surface area contributed by atoms with Crippen LogP contribution in [0.1, 0.15) is 34.1 Å². The number of hydrogen-bond donors (Lipinski definition) is 1. The third-order valence-electron chi connectivity index (χ3n) is 2.19. The van der Waals surface area contributed by atoms with Crippen molar-refractivity contribution in [1.29, 1.82) is 0 Å². The van der Waals surface area contributed by atoms with Gasteiger partial charge in [-0.2, -0.15) is 0 Å². The summed E-state index contributed by atoms with van der Waals surface area (Å²) in [5.41, 5.74) is 5.98. The Labute approximate surface area is 69.1 Å². The first-order chi connectivity index (χ1) is 4.93. The molecule has 1 rings (SSSR count). The van der Waals surface area contributed by atoms with E-state index in [-0.39, 0.29) is 11.6 Å². The van der Waals surface area contributed by atoms with Gasteiger partial charge in [-0.3, -0.25) is 0 Å². The van der Waals surface area contributed by atoms with Crippen LogP contribution >= 0.6 is 0 Å². The van der Waals surface area contributed by atoms with Gasteiger partial charge in [-0.05, 0) is 26.2 Å². The van der Waals surface area contributed by atoms with Gasteiger partial charge >= 0.3 is 0 Å². The molecular weight excluding hydrogens is 138 g/mol. The third kappa shape index (κ3) is 2.17. The minimum Gasteiger partial charge on any atom is -0.365 e. The molecule has 66 valence electrons. The Morgan fingerprint density at radius 2 is 1.91 bits per heavy atom. The maximum absolute atomic E-state index is 5.93. The van der Waals surface area contributed by atoms with Gasteiger partial charge in [-0.1, -0.05) is 13.8 Å². The van der Waals surface area contributed by atoms with Crippen LogP contribution in [0.15, 0.2) is 0 Å². The molecule has 0 aromatic carbocycles. The lowest BCUT2D eigenvalue weighted by molar-refractivity contribution is 0.303. The Hall–Kier alpha value is -0.0800. The predicted octanol–water partition coefficient (Wildman–Crippen LogP) is 1.54. The second kappa shape index (κ2) is 2.76. The zero-order valence-corrected chi connectivity index (χ0v) is 7.92. The van der Waals surface area contributed by atoms with Gasteiger partial charge in [-0.25, -0.2) is 0 Å². The molecule has 2 nitrogen and oxygen atoms in total. The minimum atomic E-state index is 0.0499. The average Bonchev–Trinajstić information content (AvgIpc) is 2.38. The second-order valence-electron chi connectivity index (χ2n) is 4.44. The van der Waals surface area contributed by atoms with Gasteiger partial charge < -0.3 is 10.5 Å². The summed E-state index contributed by atoms with van der Waals surface area (Å²) in [5.74, 6) is 0.671.